The molecule has 1 fully saturated rings. The van der Waals surface area contributed by atoms with Crippen LogP contribution in [0.4, 0.5) is 5.82 Å². The molecular weight excluding hydrogens is 248 g/mol. The van der Waals surface area contributed by atoms with Gasteiger partial charge in [-0.1, -0.05) is 6.42 Å². The lowest BCUT2D eigenvalue weighted by Crippen LogP contribution is -2.33. The van der Waals surface area contributed by atoms with Crippen LogP contribution in [-0.2, 0) is 0 Å². The lowest BCUT2D eigenvalue weighted by atomic mass is 10.1. The molecule has 1 saturated heterocycles. The van der Waals surface area contributed by atoms with Gasteiger partial charge < -0.3 is 10.2 Å². The van der Waals surface area contributed by atoms with Crippen molar-refractivity contribution in [1.82, 2.24) is 14.9 Å². The Balaban J connectivity index is 1.60. The van der Waals surface area contributed by atoms with Crippen LogP contribution >= 0.6 is 0 Å². The van der Waals surface area contributed by atoms with Gasteiger partial charge in [0.2, 0.25) is 0 Å². The normalized spacial score (nSPS) is 16.4. The first-order chi connectivity index (χ1) is 9.83. The third-order valence-electron chi connectivity index (χ3n) is 4.00. The van der Waals surface area contributed by atoms with Gasteiger partial charge in [-0.2, -0.15) is 0 Å². The van der Waals surface area contributed by atoms with Gasteiger partial charge in [0.1, 0.15) is 5.82 Å². The van der Waals surface area contributed by atoms with E-state index in [1.165, 1.54) is 32.4 Å². The Bertz CT molecular complexity index is 576. The van der Waals surface area contributed by atoms with E-state index in [-0.39, 0.29) is 0 Å². The van der Waals surface area contributed by atoms with Crippen LogP contribution < -0.4 is 5.32 Å². The SMILES string of the molecule is Cc1nccc2nc(NCCN3CCCCC3)ccc12. The van der Waals surface area contributed by atoms with Crippen LogP contribution in [0.5, 0.6) is 0 Å². The molecule has 0 unspecified atom stereocenters. The molecule has 0 atom stereocenters. The molecule has 4 nitrogen and oxygen atoms in total. The van der Waals surface area contributed by atoms with Crippen LogP contribution in [0.3, 0.4) is 0 Å². The predicted octanol–water partition coefficient (Wildman–Crippen LogP) is 2.84. The number of nitrogens with one attached hydrogen (secondary N) is 1. The first-order valence-electron chi connectivity index (χ1n) is 7.51. The van der Waals surface area contributed by atoms with E-state index in [1.807, 2.05) is 25.3 Å². The summed E-state index contributed by atoms with van der Waals surface area (Å²) < 4.78 is 0. The first-order valence-corrected chi connectivity index (χ1v) is 7.51. The van der Waals surface area contributed by atoms with Crippen molar-refractivity contribution in [2.24, 2.45) is 0 Å². The van der Waals surface area contributed by atoms with Crippen LogP contribution in [-0.4, -0.2) is 41.0 Å². The number of rotatable bonds is 4. The second kappa shape index (κ2) is 6.18. The van der Waals surface area contributed by atoms with E-state index in [0.717, 1.165) is 35.5 Å². The number of hydrogen-bond acceptors (Lipinski definition) is 4. The Labute approximate surface area is 120 Å². The van der Waals surface area contributed by atoms with Crippen molar-refractivity contribution in [2.75, 3.05) is 31.5 Å². The van der Waals surface area contributed by atoms with Crippen molar-refractivity contribution in [3.8, 4) is 0 Å². The van der Waals surface area contributed by atoms with Gasteiger partial charge in [-0.25, -0.2) is 4.98 Å². The van der Waals surface area contributed by atoms with Crippen molar-refractivity contribution in [3.05, 3.63) is 30.1 Å². The van der Waals surface area contributed by atoms with Gasteiger partial charge in [-0.15, -0.1) is 0 Å². The fraction of sp³-hybridized carbons (Fsp3) is 0.500. The number of piperidine rings is 1. The number of hydrogen-bond donors (Lipinski definition) is 1. The first kappa shape index (κ1) is 13.3. The molecular formula is C16H22N4. The zero-order chi connectivity index (χ0) is 13.8. The number of aryl methyl sites for hydroxylation is 1. The predicted molar refractivity (Wildman–Crippen MR) is 83.1 cm³/mol. The number of fused-ring (bicyclic) bond motifs is 1. The van der Waals surface area contributed by atoms with E-state index in [1.54, 1.807) is 0 Å². The Kier molecular flexibility index (Phi) is 4.11. The second-order valence-electron chi connectivity index (χ2n) is 5.49. The fourth-order valence-electron chi connectivity index (χ4n) is 2.82. The molecule has 3 rings (SSSR count). The smallest absolute Gasteiger partial charge is 0.126 e. The molecule has 0 aliphatic carbocycles. The van der Waals surface area contributed by atoms with Crippen molar-refractivity contribution >= 4 is 16.7 Å². The minimum atomic E-state index is 0.958. The molecule has 0 bridgehead atoms. The number of anilines is 1. The van der Waals surface area contributed by atoms with Gasteiger partial charge in [0.15, 0.2) is 0 Å². The van der Waals surface area contributed by atoms with Crippen molar-refractivity contribution in [2.45, 2.75) is 26.2 Å². The van der Waals surface area contributed by atoms with E-state index in [0.29, 0.717) is 0 Å². The maximum Gasteiger partial charge on any atom is 0.126 e. The van der Waals surface area contributed by atoms with E-state index in [9.17, 15) is 0 Å². The average Bonchev–Trinajstić information content (AvgIpc) is 2.48. The minimum Gasteiger partial charge on any atom is -0.369 e. The minimum absolute atomic E-state index is 0.958. The van der Waals surface area contributed by atoms with Crippen molar-refractivity contribution in [3.63, 3.8) is 0 Å². The third kappa shape index (κ3) is 3.07. The number of likely N-dealkylation sites (tertiary alicyclic amines) is 1. The van der Waals surface area contributed by atoms with Crippen molar-refractivity contribution in [1.29, 1.82) is 0 Å². The van der Waals surface area contributed by atoms with Crippen molar-refractivity contribution < 1.29 is 0 Å². The molecule has 106 valence electrons. The summed E-state index contributed by atoms with van der Waals surface area (Å²) in [6, 6.07) is 6.12. The van der Waals surface area contributed by atoms with Crippen LogP contribution in [0.2, 0.25) is 0 Å². The lowest BCUT2D eigenvalue weighted by Gasteiger charge is -2.26. The molecule has 1 aliphatic heterocycles. The summed E-state index contributed by atoms with van der Waals surface area (Å²) in [7, 11) is 0. The lowest BCUT2D eigenvalue weighted by molar-refractivity contribution is 0.237. The largest absolute Gasteiger partial charge is 0.369 e. The zero-order valence-electron chi connectivity index (χ0n) is 12.1. The monoisotopic (exact) mass is 270 g/mol. The molecule has 4 heteroatoms. The highest BCUT2D eigenvalue weighted by Crippen LogP contribution is 2.16. The molecule has 2 aromatic rings. The Morgan fingerprint density at radius 2 is 2.00 bits per heavy atom. The molecule has 1 N–H and O–H groups in total. The maximum absolute atomic E-state index is 4.65. The Morgan fingerprint density at radius 1 is 1.15 bits per heavy atom. The molecule has 0 amide bonds. The van der Waals surface area contributed by atoms with Gasteiger partial charge in [-0.05, 0) is 51.1 Å². The molecule has 20 heavy (non-hydrogen) atoms. The quantitative estimate of drug-likeness (QED) is 0.927. The summed E-state index contributed by atoms with van der Waals surface area (Å²) >= 11 is 0. The van der Waals surface area contributed by atoms with Gasteiger partial charge >= 0.3 is 0 Å². The van der Waals surface area contributed by atoms with Crippen LogP contribution in [0.1, 0.15) is 25.0 Å². The van der Waals surface area contributed by atoms with Gasteiger partial charge in [0.25, 0.3) is 0 Å². The topological polar surface area (TPSA) is 41.1 Å². The van der Waals surface area contributed by atoms with E-state index in [4.69, 9.17) is 0 Å². The summed E-state index contributed by atoms with van der Waals surface area (Å²) in [5.41, 5.74) is 2.05. The number of aromatic nitrogens is 2. The standard InChI is InChI=1S/C16H22N4/c1-13-14-5-6-16(19-15(14)7-8-17-13)18-9-12-20-10-3-2-4-11-20/h5-8H,2-4,9-12H2,1H3,(H,18,19). The van der Waals surface area contributed by atoms with E-state index >= 15 is 0 Å². The van der Waals surface area contributed by atoms with E-state index < -0.39 is 0 Å². The average molecular weight is 270 g/mol. The molecule has 1 aliphatic rings. The highest BCUT2D eigenvalue weighted by molar-refractivity contribution is 5.81. The third-order valence-corrected chi connectivity index (χ3v) is 4.00. The highest BCUT2D eigenvalue weighted by Gasteiger charge is 2.09. The summed E-state index contributed by atoms with van der Waals surface area (Å²) in [5, 5.41) is 4.56. The van der Waals surface area contributed by atoms with Crippen LogP contribution in [0.25, 0.3) is 10.9 Å². The maximum atomic E-state index is 4.65. The summed E-state index contributed by atoms with van der Waals surface area (Å²) in [6.45, 7) is 6.58. The van der Waals surface area contributed by atoms with Gasteiger partial charge in [-0.3, -0.25) is 4.98 Å². The Hall–Kier alpha value is -1.68. The molecule has 0 saturated carbocycles. The summed E-state index contributed by atoms with van der Waals surface area (Å²) in [4.78, 5) is 11.5. The van der Waals surface area contributed by atoms with Gasteiger partial charge in [0, 0.05) is 30.4 Å². The zero-order valence-corrected chi connectivity index (χ0v) is 12.1. The summed E-state index contributed by atoms with van der Waals surface area (Å²) in [6.07, 6.45) is 5.91. The highest BCUT2D eigenvalue weighted by atomic mass is 15.1. The molecule has 3 heterocycles. The molecule has 0 aromatic carbocycles. The molecule has 0 spiro atoms. The summed E-state index contributed by atoms with van der Waals surface area (Å²) in [5.74, 6) is 0.958. The number of pyridine rings is 2. The number of nitrogens with zero attached hydrogens (tertiary/aromatic N) is 3. The fourth-order valence-corrected chi connectivity index (χ4v) is 2.82. The van der Waals surface area contributed by atoms with Crippen LogP contribution in [0.15, 0.2) is 24.4 Å². The molecule has 2 aromatic heterocycles. The Morgan fingerprint density at radius 3 is 2.85 bits per heavy atom. The van der Waals surface area contributed by atoms with Gasteiger partial charge in [0.05, 0.1) is 5.52 Å². The molecule has 0 radical (unpaired) electrons. The van der Waals surface area contributed by atoms with E-state index in [2.05, 4.69) is 26.3 Å². The second-order valence-corrected chi connectivity index (χ2v) is 5.49. The van der Waals surface area contributed by atoms with Crippen LogP contribution in [0, 0.1) is 6.92 Å².